The molecule has 0 aliphatic rings. The van der Waals surface area contributed by atoms with Crippen molar-refractivity contribution in [2.45, 2.75) is 39.2 Å². The second kappa shape index (κ2) is 6.06. The first-order valence-corrected chi connectivity index (χ1v) is 7.34. The number of benzene rings is 2. The van der Waals surface area contributed by atoms with Crippen LogP contribution in [0.4, 0.5) is 5.69 Å². The molecule has 0 spiro atoms. The van der Waals surface area contributed by atoms with Gasteiger partial charge in [-0.3, -0.25) is 0 Å². The van der Waals surface area contributed by atoms with Gasteiger partial charge in [0.1, 0.15) is 0 Å². The molecule has 2 rings (SSSR count). The van der Waals surface area contributed by atoms with Crippen LogP contribution >= 0.6 is 0 Å². The molecule has 21 heavy (non-hydrogen) atoms. The quantitative estimate of drug-likeness (QED) is 0.766. The van der Waals surface area contributed by atoms with E-state index in [-0.39, 0.29) is 11.5 Å². The van der Waals surface area contributed by atoms with E-state index in [2.05, 4.69) is 63.2 Å². The van der Waals surface area contributed by atoms with E-state index in [1.165, 1.54) is 11.1 Å². The van der Waals surface area contributed by atoms with Crippen LogP contribution in [0.3, 0.4) is 0 Å². The molecule has 0 radical (unpaired) electrons. The van der Waals surface area contributed by atoms with E-state index < -0.39 is 0 Å². The Morgan fingerprint density at radius 2 is 1.71 bits per heavy atom. The van der Waals surface area contributed by atoms with E-state index >= 15 is 0 Å². The van der Waals surface area contributed by atoms with E-state index in [9.17, 15) is 0 Å². The number of terminal acetylenes is 1. The first kappa shape index (κ1) is 15.2. The molecule has 0 heterocycles. The van der Waals surface area contributed by atoms with E-state index in [1.54, 1.807) is 0 Å². The van der Waals surface area contributed by atoms with Gasteiger partial charge in [0.05, 0.1) is 0 Å². The van der Waals surface area contributed by atoms with E-state index in [4.69, 9.17) is 6.42 Å². The molecular formula is C20H23N. The average Bonchev–Trinajstić information content (AvgIpc) is 2.46. The standard InChI is InChI=1S/C20H23N/c1-6-16-8-7-9-19(14-16)21-15(2)17-10-12-18(13-11-17)20(3,4)5/h1,7-15,21H,2-5H3. The third-order valence-electron chi connectivity index (χ3n) is 3.69. The van der Waals surface area contributed by atoms with Gasteiger partial charge in [-0.2, -0.15) is 0 Å². The van der Waals surface area contributed by atoms with Crippen molar-refractivity contribution in [2.75, 3.05) is 5.32 Å². The molecule has 0 aliphatic heterocycles. The molecule has 0 saturated carbocycles. The topological polar surface area (TPSA) is 12.0 Å². The highest BCUT2D eigenvalue weighted by Crippen LogP contribution is 2.25. The fraction of sp³-hybridized carbons (Fsp3) is 0.300. The van der Waals surface area contributed by atoms with Crippen LogP contribution in [0.1, 0.15) is 50.4 Å². The van der Waals surface area contributed by atoms with Gasteiger partial charge in [0.2, 0.25) is 0 Å². The van der Waals surface area contributed by atoms with Crippen LogP contribution in [0.25, 0.3) is 0 Å². The number of hydrogen-bond donors (Lipinski definition) is 1. The van der Waals surface area contributed by atoms with Gasteiger partial charge in [-0.1, -0.05) is 57.0 Å². The minimum atomic E-state index is 0.191. The predicted octanol–water partition coefficient (Wildman–Crippen LogP) is 5.14. The summed E-state index contributed by atoms with van der Waals surface area (Å²) in [5.41, 5.74) is 4.77. The van der Waals surface area contributed by atoms with Crippen LogP contribution in [0.5, 0.6) is 0 Å². The van der Waals surface area contributed by atoms with Crippen molar-refractivity contribution in [3.8, 4) is 12.3 Å². The normalized spacial score (nSPS) is 12.5. The lowest BCUT2D eigenvalue weighted by Crippen LogP contribution is -2.12. The Bertz CT molecular complexity index is 639. The lowest BCUT2D eigenvalue weighted by Gasteiger charge is -2.21. The summed E-state index contributed by atoms with van der Waals surface area (Å²) in [4.78, 5) is 0. The first-order valence-electron chi connectivity index (χ1n) is 7.34. The van der Waals surface area contributed by atoms with E-state index in [0.29, 0.717) is 0 Å². The maximum absolute atomic E-state index is 5.44. The summed E-state index contributed by atoms with van der Waals surface area (Å²) >= 11 is 0. The maximum Gasteiger partial charge on any atom is 0.0485 e. The van der Waals surface area contributed by atoms with Crippen LogP contribution < -0.4 is 5.32 Å². The van der Waals surface area contributed by atoms with Gasteiger partial charge in [-0.15, -0.1) is 6.42 Å². The Morgan fingerprint density at radius 3 is 2.29 bits per heavy atom. The summed E-state index contributed by atoms with van der Waals surface area (Å²) < 4.78 is 0. The monoisotopic (exact) mass is 277 g/mol. The van der Waals surface area contributed by atoms with Crippen molar-refractivity contribution in [2.24, 2.45) is 0 Å². The second-order valence-electron chi connectivity index (χ2n) is 6.46. The van der Waals surface area contributed by atoms with Gasteiger partial charge in [-0.05, 0) is 41.7 Å². The number of nitrogens with one attached hydrogen (secondary N) is 1. The number of anilines is 1. The highest BCUT2D eigenvalue weighted by molar-refractivity contribution is 5.51. The van der Waals surface area contributed by atoms with Crippen LogP contribution in [0.15, 0.2) is 48.5 Å². The fourth-order valence-corrected chi connectivity index (χ4v) is 2.30. The summed E-state index contributed by atoms with van der Waals surface area (Å²) in [5.74, 6) is 2.66. The lowest BCUT2D eigenvalue weighted by atomic mass is 9.86. The molecule has 0 saturated heterocycles. The molecule has 1 unspecified atom stereocenters. The highest BCUT2D eigenvalue weighted by atomic mass is 14.9. The largest absolute Gasteiger partial charge is 0.378 e. The summed E-state index contributed by atoms with van der Waals surface area (Å²) in [7, 11) is 0. The highest BCUT2D eigenvalue weighted by Gasteiger charge is 2.14. The number of rotatable bonds is 3. The Labute approximate surface area is 128 Å². The Morgan fingerprint density at radius 1 is 1.05 bits per heavy atom. The van der Waals surface area contributed by atoms with Crippen LogP contribution in [0, 0.1) is 12.3 Å². The molecule has 2 aromatic carbocycles. The molecule has 1 atom stereocenters. The van der Waals surface area contributed by atoms with Gasteiger partial charge < -0.3 is 5.32 Å². The van der Waals surface area contributed by atoms with Crippen LogP contribution in [0.2, 0.25) is 0 Å². The third-order valence-corrected chi connectivity index (χ3v) is 3.69. The SMILES string of the molecule is C#Cc1cccc(NC(C)c2ccc(C(C)(C)C)cc2)c1. The maximum atomic E-state index is 5.44. The van der Waals surface area contributed by atoms with E-state index in [1.807, 2.05) is 24.3 Å². The van der Waals surface area contributed by atoms with Crippen LogP contribution in [-0.4, -0.2) is 0 Å². The van der Waals surface area contributed by atoms with E-state index in [0.717, 1.165) is 11.3 Å². The molecule has 0 aliphatic carbocycles. The van der Waals surface area contributed by atoms with Gasteiger partial charge in [0.15, 0.2) is 0 Å². The van der Waals surface area contributed by atoms with Crippen molar-refractivity contribution in [3.05, 3.63) is 65.2 Å². The van der Waals surface area contributed by atoms with Gasteiger partial charge in [0, 0.05) is 17.3 Å². The molecule has 1 N–H and O–H groups in total. The van der Waals surface area contributed by atoms with Crippen molar-refractivity contribution >= 4 is 5.69 Å². The molecule has 0 aromatic heterocycles. The second-order valence-corrected chi connectivity index (χ2v) is 6.46. The van der Waals surface area contributed by atoms with Crippen molar-refractivity contribution in [1.29, 1.82) is 0 Å². The van der Waals surface area contributed by atoms with Gasteiger partial charge in [0.25, 0.3) is 0 Å². The van der Waals surface area contributed by atoms with Crippen molar-refractivity contribution in [1.82, 2.24) is 0 Å². The molecule has 108 valence electrons. The minimum Gasteiger partial charge on any atom is -0.378 e. The summed E-state index contributed by atoms with van der Waals surface area (Å²) in [6.07, 6.45) is 5.44. The summed E-state index contributed by atoms with van der Waals surface area (Å²) in [6.45, 7) is 8.85. The predicted molar refractivity (Wildman–Crippen MR) is 91.6 cm³/mol. The molecule has 0 amide bonds. The summed E-state index contributed by atoms with van der Waals surface area (Å²) in [6, 6.07) is 17.0. The Balaban J connectivity index is 2.13. The van der Waals surface area contributed by atoms with Crippen molar-refractivity contribution in [3.63, 3.8) is 0 Å². The minimum absolute atomic E-state index is 0.191. The van der Waals surface area contributed by atoms with Crippen molar-refractivity contribution < 1.29 is 0 Å². The van der Waals surface area contributed by atoms with Crippen LogP contribution in [-0.2, 0) is 5.41 Å². The molecule has 1 heteroatoms. The first-order chi connectivity index (χ1) is 9.90. The Kier molecular flexibility index (Phi) is 4.38. The average molecular weight is 277 g/mol. The smallest absolute Gasteiger partial charge is 0.0485 e. The number of hydrogen-bond acceptors (Lipinski definition) is 1. The zero-order valence-corrected chi connectivity index (χ0v) is 13.3. The zero-order valence-electron chi connectivity index (χ0n) is 13.3. The van der Waals surface area contributed by atoms with Gasteiger partial charge >= 0.3 is 0 Å². The van der Waals surface area contributed by atoms with Gasteiger partial charge in [-0.25, -0.2) is 0 Å². The third kappa shape index (κ3) is 3.89. The molecule has 2 aromatic rings. The lowest BCUT2D eigenvalue weighted by molar-refractivity contribution is 0.589. The fourth-order valence-electron chi connectivity index (χ4n) is 2.30. The zero-order chi connectivity index (χ0) is 15.5. The molecule has 0 fully saturated rings. The summed E-state index contributed by atoms with van der Waals surface area (Å²) in [5, 5.41) is 3.50. The molecule has 0 bridgehead atoms. The Hall–Kier alpha value is -2.20. The molecular weight excluding hydrogens is 254 g/mol. The molecule has 1 nitrogen and oxygen atoms in total.